The van der Waals surface area contributed by atoms with Crippen molar-refractivity contribution < 1.29 is 8.42 Å². The molecule has 1 rings (SSSR count). The third-order valence-corrected chi connectivity index (χ3v) is 3.98. The zero-order chi connectivity index (χ0) is 8.48. The SMILES string of the molecule is CCS(=O)(=O)N(C)C1CNC1. The van der Waals surface area contributed by atoms with Crippen LogP contribution in [0.4, 0.5) is 0 Å². The monoisotopic (exact) mass is 178 g/mol. The Hall–Kier alpha value is -0.130. The van der Waals surface area contributed by atoms with E-state index in [-0.39, 0.29) is 11.8 Å². The summed E-state index contributed by atoms with van der Waals surface area (Å²) < 4.78 is 23.9. The predicted octanol–water partition coefficient (Wildman–Crippen LogP) is -0.760. The highest BCUT2D eigenvalue weighted by atomic mass is 32.2. The van der Waals surface area contributed by atoms with Gasteiger partial charge in [0, 0.05) is 26.2 Å². The van der Waals surface area contributed by atoms with E-state index in [9.17, 15) is 8.42 Å². The summed E-state index contributed by atoms with van der Waals surface area (Å²) in [5.74, 6) is 0.194. The van der Waals surface area contributed by atoms with Crippen LogP contribution in [0.3, 0.4) is 0 Å². The van der Waals surface area contributed by atoms with Crippen LogP contribution in [0.2, 0.25) is 0 Å². The number of likely N-dealkylation sites (N-methyl/N-ethyl adjacent to an activating group) is 1. The third-order valence-electron chi connectivity index (χ3n) is 2.08. The number of hydrogen-bond acceptors (Lipinski definition) is 3. The van der Waals surface area contributed by atoms with E-state index in [4.69, 9.17) is 0 Å². The van der Waals surface area contributed by atoms with E-state index < -0.39 is 10.0 Å². The van der Waals surface area contributed by atoms with Gasteiger partial charge in [-0.05, 0) is 6.92 Å². The molecule has 66 valence electrons. The summed E-state index contributed by atoms with van der Waals surface area (Å²) >= 11 is 0. The summed E-state index contributed by atoms with van der Waals surface area (Å²) in [7, 11) is -1.32. The minimum Gasteiger partial charge on any atom is -0.313 e. The van der Waals surface area contributed by atoms with Crippen LogP contribution in [0.1, 0.15) is 6.92 Å². The van der Waals surface area contributed by atoms with Gasteiger partial charge in [-0.1, -0.05) is 0 Å². The summed E-state index contributed by atoms with van der Waals surface area (Å²) in [4.78, 5) is 0. The summed E-state index contributed by atoms with van der Waals surface area (Å²) in [6.07, 6.45) is 0. The van der Waals surface area contributed by atoms with Gasteiger partial charge < -0.3 is 5.32 Å². The minimum absolute atomic E-state index is 0.181. The van der Waals surface area contributed by atoms with Gasteiger partial charge in [0.25, 0.3) is 0 Å². The number of sulfonamides is 1. The van der Waals surface area contributed by atoms with Crippen molar-refractivity contribution in [3.63, 3.8) is 0 Å². The molecule has 1 aliphatic rings. The standard InChI is InChI=1S/C6H14N2O2S/c1-3-11(9,10)8(2)6-4-7-5-6/h6-7H,3-5H2,1-2H3. The molecule has 0 saturated carbocycles. The first-order valence-electron chi connectivity index (χ1n) is 3.74. The average molecular weight is 178 g/mol. The summed E-state index contributed by atoms with van der Waals surface area (Å²) in [6.45, 7) is 3.24. The Morgan fingerprint density at radius 2 is 2.09 bits per heavy atom. The third kappa shape index (κ3) is 1.72. The van der Waals surface area contributed by atoms with Crippen LogP contribution in [0.5, 0.6) is 0 Å². The molecule has 1 N–H and O–H groups in total. The summed E-state index contributed by atoms with van der Waals surface area (Å²) in [5, 5.41) is 3.03. The van der Waals surface area contributed by atoms with Crippen LogP contribution >= 0.6 is 0 Å². The maximum Gasteiger partial charge on any atom is 0.213 e. The fourth-order valence-corrected chi connectivity index (χ4v) is 1.97. The molecule has 0 spiro atoms. The first-order chi connectivity index (χ1) is 5.08. The lowest BCUT2D eigenvalue weighted by Gasteiger charge is -2.34. The Morgan fingerprint density at radius 1 is 1.55 bits per heavy atom. The molecule has 0 radical (unpaired) electrons. The van der Waals surface area contributed by atoms with Crippen molar-refractivity contribution in [3.8, 4) is 0 Å². The highest BCUT2D eigenvalue weighted by Crippen LogP contribution is 2.07. The molecule has 1 heterocycles. The van der Waals surface area contributed by atoms with Crippen molar-refractivity contribution >= 4 is 10.0 Å². The molecule has 11 heavy (non-hydrogen) atoms. The van der Waals surface area contributed by atoms with E-state index in [0.717, 1.165) is 13.1 Å². The first kappa shape index (κ1) is 8.96. The van der Waals surface area contributed by atoms with Gasteiger partial charge in [0.1, 0.15) is 0 Å². The van der Waals surface area contributed by atoms with Gasteiger partial charge in [-0.15, -0.1) is 0 Å². The van der Waals surface area contributed by atoms with E-state index >= 15 is 0 Å². The largest absolute Gasteiger partial charge is 0.313 e. The van der Waals surface area contributed by atoms with Crippen molar-refractivity contribution in [1.82, 2.24) is 9.62 Å². The first-order valence-corrected chi connectivity index (χ1v) is 5.35. The van der Waals surface area contributed by atoms with Crippen LogP contribution in [0.15, 0.2) is 0 Å². The molecule has 0 unspecified atom stereocenters. The van der Waals surface area contributed by atoms with Gasteiger partial charge >= 0.3 is 0 Å². The van der Waals surface area contributed by atoms with Crippen LogP contribution in [-0.4, -0.2) is 44.7 Å². The van der Waals surface area contributed by atoms with E-state index in [0.29, 0.717) is 0 Å². The Kier molecular flexibility index (Phi) is 2.51. The van der Waals surface area contributed by atoms with Crippen molar-refractivity contribution in [2.45, 2.75) is 13.0 Å². The lowest BCUT2D eigenvalue weighted by molar-refractivity contribution is 0.274. The fraction of sp³-hybridized carbons (Fsp3) is 1.00. The van der Waals surface area contributed by atoms with E-state index in [2.05, 4.69) is 5.32 Å². The quantitative estimate of drug-likeness (QED) is 0.618. The topological polar surface area (TPSA) is 49.4 Å². The van der Waals surface area contributed by atoms with Gasteiger partial charge in [0.15, 0.2) is 0 Å². The van der Waals surface area contributed by atoms with E-state index in [1.165, 1.54) is 4.31 Å². The molecule has 0 aromatic rings. The number of hydrogen-bond donors (Lipinski definition) is 1. The normalized spacial score (nSPS) is 20.3. The molecule has 0 amide bonds. The van der Waals surface area contributed by atoms with Crippen molar-refractivity contribution in [2.75, 3.05) is 25.9 Å². The highest BCUT2D eigenvalue weighted by Gasteiger charge is 2.28. The summed E-state index contributed by atoms with van der Waals surface area (Å²) in [5.41, 5.74) is 0. The molecule has 1 saturated heterocycles. The van der Waals surface area contributed by atoms with Crippen LogP contribution in [0.25, 0.3) is 0 Å². The lowest BCUT2D eigenvalue weighted by Crippen LogP contribution is -2.57. The van der Waals surface area contributed by atoms with Crippen molar-refractivity contribution in [1.29, 1.82) is 0 Å². The van der Waals surface area contributed by atoms with Crippen LogP contribution in [0, 0.1) is 0 Å². The lowest BCUT2D eigenvalue weighted by atomic mass is 10.2. The predicted molar refractivity (Wildman–Crippen MR) is 43.9 cm³/mol. The number of rotatable bonds is 3. The minimum atomic E-state index is -2.96. The molecular weight excluding hydrogens is 164 g/mol. The molecular formula is C6H14N2O2S. The van der Waals surface area contributed by atoms with Crippen LogP contribution in [-0.2, 0) is 10.0 Å². The highest BCUT2D eigenvalue weighted by molar-refractivity contribution is 7.89. The smallest absolute Gasteiger partial charge is 0.213 e. The van der Waals surface area contributed by atoms with Gasteiger partial charge in [-0.3, -0.25) is 0 Å². The molecule has 0 aromatic carbocycles. The molecule has 0 aromatic heterocycles. The second kappa shape index (κ2) is 3.08. The second-order valence-corrected chi connectivity index (χ2v) is 5.05. The van der Waals surface area contributed by atoms with Crippen molar-refractivity contribution in [3.05, 3.63) is 0 Å². The zero-order valence-corrected chi connectivity index (χ0v) is 7.69. The molecule has 0 bridgehead atoms. The Balaban J connectivity index is 2.59. The second-order valence-electron chi connectivity index (χ2n) is 2.73. The zero-order valence-electron chi connectivity index (χ0n) is 6.87. The van der Waals surface area contributed by atoms with Crippen LogP contribution < -0.4 is 5.32 Å². The van der Waals surface area contributed by atoms with Crippen molar-refractivity contribution in [2.24, 2.45) is 0 Å². The van der Waals surface area contributed by atoms with E-state index in [1.807, 2.05) is 0 Å². The fourth-order valence-electron chi connectivity index (χ4n) is 0.961. The Morgan fingerprint density at radius 3 is 2.36 bits per heavy atom. The van der Waals surface area contributed by atoms with Gasteiger partial charge in [0.2, 0.25) is 10.0 Å². The van der Waals surface area contributed by atoms with E-state index in [1.54, 1.807) is 14.0 Å². The maximum absolute atomic E-state index is 11.2. The molecule has 0 atom stereocenters. The molecule has 0 aliphatic carbocycles. The van der Waals surface area contributed by atoms with Gasteiger partial charge in [0.05, 0.1) is 5.75 Å². The number of nitrogens with zero attached hydrogens (tertiary/aromatic N) is 1. The van der Waals surface area contributed by atoms with Gasteiger partial charge in [-0.2, -0.15) is 4.31 Å². The molecule has 1 aliphatic heterocycles. The Bertz CT molecular complexity index is 221. The molecule has 4 nitrogen and oxygen atoms in total. The van der Waals surface area contributed by atoms with Gasteiger partial charge in [-0.25, -0.2) is 8.42 Å². The Labute approximate surface area is 67.6 Å². The average Bonchev–Trinajstić information content (AvgIpc) is 1.84. The summed E-state index contributed by atoms with van der Waals surface area (Å²) in [6, 6.07) is 0.181. The maximum atomic E-state index is 11.2. The molecule has 5 heteroatoms. The molecule has 1 fully saturated rings. The number of nitrogens with one attached hydrogen (secondary N) is 1.